The van der Waals surface area contributed by atoms with Crippen LogP contribution in [0.2, 0.25) is 0 Å². The van der Waals surface area contributed by atoms with Crippen LogP contribution in [0.5, 0.6) is 0 Å². The van der Waals surface area contributed by atoms with Crippen molar-refractivity contribution in [3.8, 4) is 0 Å². The summed E-state index contributed by atoms with van der Waals surface area (Å²) in [5, 5.41) is 3.75. The van der Waals surface area contributed by atoms with Gasteiger partial charge in [-0.2, -0.15) is 0 Å². The molecular formula is C13H27N3. The Morgan fingerprint density at radius 2 is 1.94 bits per heavy atom. The number of likely N-dealkylation sites (tertiary alicyclic amines) is 1. The third-order valence-corrected chi connectivity index (χ3v) is 4.21. The second-order valence-electron chi connectivity index (χ2n) is 5.79. The van der Waals surface area contributed by atoms with Crippen molar-refractivity contribution >= 4 is 0 Å². The molecule has 2 aliphatic rings. The Kier molecular flexibility index (Phi) is 4.62. The molecule has 0 aromatic heterocycles. The van der Waals surface area contributed by atoms with Gasteiger partial charge in [-0.25, -0.2) is 0 Å². The van der Waals surface area contributed by atoms with Gasteiger partial charge in [0.15, 0.2) is 0 Å². The highest BCUT2D eigenvalue weighted by molar-refractivity contribution is 4.80. The Hall–Kier alpha value is -0.120. The number of nitrogens with one attached hydrogen (secondary N) is 1. The fraction of sp³-hybridized carbons (Fsp3) is 1.00. The van der Waals surface area contributed by atoms with E-state index in [0.717, 1.165) is 12.0 Å². The quantitative estimate of drug-likeness (QED) is 0.758. The predicted octanol–water partition coefficient (Wildman–Crippen LogP) is 1.19. The SMILES string of the molecule is CN1CCCC(NCC2CCC(N)CC2)C1. The van der Waals surface area contributed by atoms with E-state index in [1.165, 1.54) is 58.2 Å². The fourth-order valence-corrected chi connectivity index (χ4v) is 3.06. The largest absolute Gasteiger partial charge is 0.328 e. The van der Waals surface area contributed by atoms with Gasteiger partial charge in [0.2, 0.25) is 0 Å². The molecule has 94 valence electrons. The number of hydrogen-bond donors (Lipinski definition) is 2. The Morgan fingerprint density at radius 1 is 1.19 bits per heavy atom. The van der Waals surface area contributed by atoms with Gasteiger partial charge < -0.3 is 16.0 Å². The van der Waals surface area contributed by atoms with E-state index in [0.29, 0.717) is 6.04 Å². The van der Waals surface area contributed by atoms with E-state index in [9.17, 15) is 0 Å². The number of nitrogens with two attached hydrogens (primary N) is 1. The van der Waals surface area contributed by atoms with E-state index in [4.69, 9.17) is 5.73 Å². The van der Waals surface area contributed by atoms with Gasteiger partial charge in [-0.3, -0.25) is 0 Å². The van der Waals surface area contributed by atoms with Gasteiger partial charge >= 0.3 is 0 Å². The van der Waals surface area contributed by atoms with Gasteiger partial charge in [-0.15, -0.1) is 0 Å². The van der Waals surface area contributed by atoms with Crippen LogP contribution >= 0.6 is 0 Å². The van der Waals surface area contributed by atoms with Crippen LogP contribution in [0.15, 0.2) is 0 Å². The average Bonchev–Trinajstić information content (AvgIpc) is 2.28. The first kappa shape index (κ1) is 12.3. The van der Waals surface area contributed by atoms with Gasteiger partial charge in [-0.05, 0) is 64.6 Å². The van der Waals surface area contributed by atoms with Crippen molar-refractivity contribution < 1.29 is 0 Å². The minimum absolute atomic E-state index is 0.483. The third-order valence-electron chi connectivity index (χ3n) is 4.21. The maximum Gasteiger partial charge on any atom is 0.0195 e. The summed E-state index contributed by atoms with van der Waals surface area (Å²) in [5.41, 5.74) is 5.93. The molecule has 0 bridgehead atoms. The zero-order valence-electron chi connectivity index (χ0n) is 10.6. The van der Waals surface area contributed by atoms with Crippen molar-refractivity contribution in [2.75, 3.05) is 26.7 Å². The molecule has 1 aliphatic heterocycles. The van der Waals surface area contributed by atoms with E-state index >= 15 is 0 Å². The van der Waals surface area contributed by atoms with Crippen molar-refractivity contribution in [2.45, 2.75) is 50.6 Å². The molecular weight excluding hydrogens is 198 g/mol. The lowest BCUT2D eigenvalue weighted by Gasteiger charge is -2.33. The highest BCUT2D eigenvalue weighted by Gasteiger charge is 2.21. The van der Waals surface area contributed by atoms with Crippen molar-refractivity contribution in [2.24, 2.45) is 11.7 Å². The number of rotatable bonds is 3. The monoisotopic (exact) mass is 225 g/mol. The summed E-state index contributed by atoms with van der Waals surface area (Å²) < 4.78 is 0. The topological polar surface area (TPSA) is 41.3 Å². The summed E-state index contributed by atoms with van der Waals surface area (Å²) >= 11 is 0. The van der Waals surface area contributed by atoms with Crippen LogP contribution in [-0.2, 0) is 0 Å². The molecule has 3 N–H and O–H groups in total. The van der Waals surface area contributed by atoms with Gasteiger partial charge in [0.05, 0.1) is 0 Å². The molecule has 16 heavy (non-hydrogen) atoms. The molecule has 0 spiro atoms. The van der Waals surface area contributed by atoms with Crippen LogP contribution in [0.4, 0.5) is 0 Å². The van der Waals surface area contributed by atoms with Crippen LogP contribution in [0.3, 0.4) is 0 Å². The summed E-state index contributed by atoms with van der Waals surface area (Å²) in [6, 6.07) is 1.21. The van der Waals surface area contributed by atoms with Crippen LogP contribution in [0, 0.1) is 5.92 Å². The van der Waals surface area contributed by atoms with Crippen LogP contribution in [0.25, 0.3) is 0 Å². The highest BCUT2D eigenvalue weighted by atomic mass is 15.1. The highest BCUT2D eigenvalue weighted by Crippen LogP contribution is 2.22. The second kappa shape index (κ2) is 5.99. The number of nitrogens with zero attached hydrogens (tertiary/aromatic N) is 1. The first-order valence-corrected chi connectivity index (χ1v) is 6.91. The first-order valence-electron chi connectivity index (χ1n) is 6.91. The maximum atomic E-state index is 5.93. The molecule has 2 fully saturated rings. The van der Waals surface area contributed by atoms with Gasteiger partial charge in [0.1, 0.15) is 0 Å². The standard InChI is InChI=1S/C13H27N3/c1-16-8-2-3-13(10-16)15-9-11-4-6-12(14)7-5-11/h11-13,15H,2-10,14H2,1H3. The van der Waals surface area contributed by atoms with Gasteiger partial charge in [0, 0.05) is 18.6 Å². The van der Waals surface area contributed by atoms with Crippen molar-refractivity contribution in [1.29, 1.82) is 0 Å². The smallest absolute Gasteiger partial charge is 0.0195 e. The molecule has 1 saturated carbocycles. The lowest BCUT2D eigenvalue weighted by Crippen LogP contribution is -2.45. The molecule has 0 amide bonds. The van der Waals surface area contributed by atoms with Crippen molar-refractivity contribution in [1.82, 2.24) is 10.2 Å². The van der Waals surface area contributed by atoms with Gasteiger partial charge in [0.25, 0.3) is 0 Å². The molecule has 0 radical (unpaired) electrons. The molecule has 3 heteroatoms. The number of piperidine rings is 1. The van der Waals surface area contributed by atoms with Gasteiger partial charge in [-0.1, -0.05) is 0 Å². The lowest BCUT2D eigenvalue weighted by atomic mass is 9.86. The number of likely N-dealkylation sites (N-methyl/N-ethyl adjacent to an activating group) is 1. The Labute approximate surface area is 99.8 Å². The molecule has 1 saturated heterocycles. The minimum Gasteiger partial charge on any atom is -0.328 e. The van der Waals surface area contributed by atoms with Crippen LogP contribution in [0.1, 0.15) is 38.5 Å². The lowest BCUT2D eigenvalue weighted by molar-refractivity contribution is 0.213. The third kappa shape index (κ3) is 3.72. The fourth-order valence-electron chi connectivity index (χ4n) is 3.06. The Morgan fingerprint density at radius 3 is 2.62 bits per heavy atom. The normalized spacial score (nSPS) is 37.5. The molecule has 2 rings (SSSR count). The van der Waals surface area contributed by atoms with Crippen LogP contribution in [-0.4, -0.2) is 43.7 Å². The minimum atomic E-state index is 0.483. The molecule has 0 aromatic carbocycles. The first-order chi connectivity index (χ1) is 7.74. The van der Waals surface area contributed by atoms with E-state index in [2.05, 4.69) is 17.3 Å². The molecule has 1 atom stereocenters. The summed E-state index contributed by atoms with van der Waals surface area (Å²) in [5.74, 6) is 0.882. The van der Waals surface area contributed by atoms with Crippen LogP contribution < -0.4 is 11.1 Å². The molecule has 1 unspecified atom stereocenters. The molecule has 1 heterocycles. The summed E-state index contributed by atoms with van der Waals surface area (Å²) in [6.45, 7) is 3.72. The van der Waals surface area contributed by atoms with E-state index in [1.54, 1.807) is 0 Å². The maximum absolute atomic E-state index is 5.93. The molecule has 0 aromatic rings. The summed E-state index contributed by atoms with van der Waals surface area (Å²) in [4.78, 5) is 2.44. The predicted molar refractivity (Wildman–Crippen MR) is 68.5 cm³/mol. The molecule has 1 aliphatic carbocycles. The van der Waals surface area contributed by atoms with E-state index in [-0.39, 0.29) is 0 Å². The summed E-state index contributed by atoms with van der Waals surface area (Å²) in [6.07, 6.45) is 7.83. The van der Waals surface area contributed by atoms with Crippen molar-refractivity contribution in [3.05, 3.63) is 0 Å². The Balaban J connectivity index is 1.63. The average molecular weight is 225 g/mol. The van der Waals surface area contributed by atoms with E-state index < -0.39 is 0 Å². The zero-order valence-corrected chi connectivity index (χ0v) is 10.6. The zero-order chi connectivity index (χ0) is 11.4. The second-order valence-corrected chi connectivity index (χ2v) is 5.79. The number of hydrogen-bond acceptors (Lipinski definition) is 3. The summed E-state index contributed by atoms with van der Waals surface area (Å²) in [7, 11) is 2.23. The molecule has 3 nitrogen and oxygen atoms in total. The Bertz CT molecular complexity index is 199. The van der Waals surface area contributed by atoms with Crippen molar-refractivity contribution in [3.63, 3.8) is 0 Å². The van der Waals surface area contributed by atoms with E-state index in [1.807, 2.05) is 0 Å².